The van der Waals surface area contributed by atoms with Crippen molar-refractivity contribution in [1.82, 2.24) is 4.90 Å². The largest absolute Gasteiger partial charge is 0.382 e. The number of rotatable bonds is 8. The molecule has 0 amide bonds. The highest BCUT2D eigenvalue weighted by Gasteiger charge is 2.16. The van der Waals surface area contributed by atoms with Crippen LogP contribution in [0.15, 0.2) is 24.3 Å². The fourth-order valence-corrected chi connectivity index (χ4v) is 2.43. The number of hydrogen-bond donors (Lipinski definition) is 0. The van der Waals surface area contributed by atoms with Gasteiger partial charge < -0.3 is 14.4 Å². The molecule has 0 atom stereocenters. The van der Waals surface area contributed by atoms with Crippen molar-refractivity contribution in [2.75, 3.05) is 64.6 Å². The Kier molecular flexibility index (Phi) is 6.66. The number of carbonyl (C=O) groups excluding carboxylic acids is 1. The molecule has 0 saturated carbocycles. The molecule has 1 heterocycles. The van der Waals surface area contributed by atoms with Crippen molar-refractivity contribution in [3.05, 3.63) is 29.8 Å². The number of ether oxygens (including phenoxy) is 2. The van der Waals surface area contributed by atoms with Gasteiger partial charge in [0, 0.05) is 51.1 Å². The van der Waals surface area contributed by atoms with Crippen LogP contribution in [0.4, 0.5) is 5.69 Å². The second kappa shape index (κ2) is 8.77. The maximum atomic E-state index is 10.7. The Morgan fingerprint density at radius 1 is 1.05 bits per heavy atom. The molecule has 5 heteroatoms. The number of hydrogen-bond acceptors (Lipinski definition) is 5. The smallest absolute Gasteiger partial charge is 0.150 e. The third-order valence-electron chi connectivity index (χ3n) is 3.75. The van der Waals surface area contributed by atoms with Gasteiger partial charge in [-0.25, -0.2) is 0 Å². The van der Waals surface area contributed by atoms with Gasteiger partial charge in [0.15, 0.2) is 0 Å². The molecule has 0 N–H and O–H groups in total. The molecule has 0 spiro atoms. The molecule has 0 bridgehead atoms. The Morgan fingerprint density at radius 2 is 1.76 bits per heavy atom. The van der Waals surface area contributed by atoms with Crippen LogP contribution in [-0.2, 0) is 9.47 Å². The minimum Gasteiger partial charge on any atom is -0.382 e. The van der Waals surface area contributed by atoms with Crippen molar-refractivity contribution in [2.45, 2.75) is 0 Å². The molecule has 1 aliphatic heterocycles. The van der Waals surface area contributed by atoms with Gasteiger partial charge in [-0.2, -0.15) is 0 Å². The van der Waals surface area contributed by atoms with Crippen molar-refractivity contribution in [3.8, 4) is 0 Å². The molecule has 0 aromatic heterocycles. The van der Waals surface area contributed by atoms with Gasteiger partial charge in [0.05, 0.1) is 19.8 Å². The van der Waals surface area contributed by atoms with Crippen LogP contribution in [0.2, 0.25) is 0 Å². The van der Waals surface area contributed by atoms with E-state index in [2.05, 4.69) is 9.80 Å². The molecule has 0 aliphatic carbocycles. The lowest BCUT2D eigenvalue weighted by Gasteiger charge is -2.36. The Bertz CT molecular complexity index is 414. The highest BCUT2D eigenvalue weighted by molar-refractivity contribution is 5.75. The summed E-state index contributed by atoms with van der Waals surface area (Å²) in [6, 6.07) is 7.79. The maximum absolute atomic E-state index is 10.7. The van der Waals surface area contributed by atoms with Crippen molar-refractivity contribution < 1.29 is 14.3 Å². The van der Waals surface area contributed by atoms with Crippen LogP contribution in [0, 0.1) is 0 Å². The summed E-state index contributed by atoms with van der Waals surface area (Å²) in [7, 11) is 1.68. The third-order valence-corrected chi connectivity index (χ3v) is 3.75. The zero-order valence-electron chi connectivity index (χ0n) is 12.7. The fourth-order valence-electron chi connectivity index (χ4n) is 2.43. The lowest BCUT2D eigenvalue weighted by atomic mass is 10.2. The summed E-state index contributed by atoms with van der Waals surface area (Å²) >= 11 is 0. The van der Waals surface area contributed by atoms with E-state index in [1.54, 1.807) is 7.11 Å². The third kappa shape index (κ3) is 5.12. The van der Waals surface area contributed by atoms with Crippen LogP contribution < -0.4 is 4.90 Å². The summed E-state index contributed by atoms with van der Waals surface area (Å²) in [5.41, 5.74) is 1.92. The number of aldehydes is 1. The van der Waals surface area contributed by atoms with Gasteiger partial charge in [0.2, 0.25) is 0 Å². The topological polar surface area (TPSA) is 42.0 Å². The Hall–Kier alpha value is -1.43. The van der Waals surface area contributed by atoms with Crippen molar-refractivity contribution in [2.24, 2.45) is 0 Å². The van der Waals surface area contributed by atoms with Gasteiger partial charge >= 0.3 is 0 Å². The van der Waals surface area contributed by atoms with Crippen molar-refractivity contribution in [1.29, 1.82) is 0 Å². The maximum Gasteiger partial charge on any atom is 0.150 e. The second-order valence-electron chi connectivity index (χ2n) is 5.14. The lowest BCUT2D eigenvalue weighted by Crippen LogP contribution is -2.47. The van der Waals surface area contributed by atoms with E-state index >= 15 is 0 Å². The number of nitrogens with zero attached hydrogens (tertiary/aromatic N) is 2. The van der Waals surface area contributed by atoms with Crippen LogP contribution in [0.5, 0.6) is 0 Å². The van der Waals surface area contributed by atoms with Gasteiger partial charge in [-0.1, -0.05) is 0 Å². The van der Waals surface area contributed by atoms with E-state index in [1.165, 1.54) is 5.69 Å². The molecule has 1 aromatic rings. The summed E-state index contributed by atoms with van der Waals surface area (Å²) < 4.78 is 10.4. The average molecular weight is 292 g/mol. The Balaban J connectivity index is 1.68. The van der Waals surface area contributed by atoms with E-state index in [1.807, 2.05) is 24.3 Å². The molecule has 1 saturated heterocycles. The zero-order chi connectivity index (χ0) is 14.9. The fraction of sp³-hybridized carbons (Fsp3) is 0.562. The predicted octanol–water partition coefficient (Wildman–Crippen LogP) is 1.28. The number of piperazine rings is 1. The van der Waals surface area contributed by atoms with Gasteiger partial charge in [0.25, 0.3) is 0 Å². The molecule has 1 fully saturated rings. The number of anilines is 1. The lowest BCUT2D eigenvalue weighted by molar-refractivity contribution is 0.0563. The first-order valence-electron chi connectivity index (χ1n) is 7.42. The summed E-state index contributed by atoms with van der Waals surface area (Å²) in [5.74, 6) is 0. The summed E-state index contributed by atoms with van der Waals surface area (Å²) in [6.45, 7) is 7.17. The normalized spacial score (nSPS) is 16.1. The van der Waals surface area contributed by atoms with E-state index in [0.717, 1.165) is 51.2 Å². The van der Waals surface area contributed by atoms with E-state index < -0.39 is 0 Å². The van der Waals surface area contributed by atoms with Crippen LogP contribution in [0.25, 0.3) is 0 Å². The molecule has 5 nitrogen and oxygen atoms in total. The first-order valence-corrected chi connectivity index (χ1v) is 7.42. The quantitative estimate of drug-likeness (QED) is 0.533. The average Bonchev–Trinajstić information content (AvgIpc) is 2.55. The number of methoxy groups -OCH3 is 1. The number of benzene rings is 1. The molecular formula is C16H24N2O3. The first-order chi connectivity index (χ1) is 10.3. The van der Waals surface area contributed by atoms with E-state index in [4.69, 9.17) is 9.47 Å². The van der Waals surface area contributed by atoms with E-state index in [-0.39, 0.29) is 0 Å². The second-order valence-corrected chi connectivity index (χ2v) is 5.14. The SMILES string of the molecule is COCCOCCN1CCN(c2ccc(C=O)cc2)CC1. The predicted molar refractivity (Wildman–Crippen MR) is 83.2 cm³/mol. The minimum absolute atomic E-state index is 0.657. The van der Waals surface area contributed by atoms with Crippen LogP contribution in [-0.4, -0.2) is 70.8 Å². The van der Waals surface area contributed by atoms with Gasteiger partial charge in [-0.3, -0.25) is 9.69 Å². The Morgan fingerprint density at radius 3 is 2.38 bits per heavy atom. The Labute approximate surface area is 126 Å². The summed E-state index contributed by atoms with van der Waals surface area (Å²) in [4.78, 5) is 15.4. The van der Waals surface area contributed by atoms with Crippen LogP contribution in [0.3, 0.4) is 0 Å². The standard InChI is InChI=1S/C16H24N2O3/c1-20-12-13-21-11-10-17-6-8-18(9-7-17)16-4-2-15(14-19)3-5-16/h2-5,14H,6-13H2,1H3. The minimum atomic E-state index is 0.657. The van der Waals surface area contributed by atoms with Crippen molar-refractivity contribution in [3.63, 3.8) is 0 Å². The molecule has 116 valence electrons. The molecule has 2 rings (SSSR count). The van der Waals surface area contributed by atoms with E-state index in [9.17, 15) is 4.79 Å². The monoisotopic (exact) mass is 292 g/mol. The molecule has 1 aromatic carbocycles. The van der Waals surface area contributed by atoms with Gasteiger partial charge in [-0.05, 0) is 24.3 Å². The van der Waals surface area contributed by atoms with Gasteiger partial charge in [0.1, 0.15) is 6.29 Å². The van der Waals surface area contributed by atoms with Crippen LogP contribution in [0.1, 0.15) is 10.4 Å². The zero-order valence-corrected chi connectivity index (χ0v) is 12.7. The summed E-state index contributed by atoms with van der Waals surface area (Å²) in [5, 5.41) is 0. The van der Waals surface area contributed by atoms with Crippen molar-refractivity contribution >= 4 is 12.0 Å². The molecule has 1 aliphatic rings. The highest BCUT2D eigenvalue weighted by atomic mass is 16.5. The summed E-state index contributed by atoms with van der Waals surface area (Å²) in [6.07, 6.45) is 0.880. The first kappa shape index (κ1) is 15.9. The molecule has 21 heavy (non-hydrogen) atoms. The number of carbonyl (C=O) groups is 1. The molecular weight excluding hydrogens is 268 g/mol. The van der Waals surface area contributed by atoms with E-state index in [0.29, 0.717) is 13.2 Å². The molecule has 0 radical (unpaired) electrons. The highest BCUT2D eigenvalue weighted by Crippen LogP contribution is 2.16. The molecule has 0 unspecified atom stereocenters. The van der Waals surface area contributed by atoms with Crippen LogP contribution >= 0.6 is 0 Å². The van der Waals surface area contributed by atoms with Gasteiger partial charge in [-0.15, -0.1) is 0 Å².